The molecule has 0 bridgehead atoms. The lowest BCUT2D eigenvalue weighted by Crippen LogP contribution is -2.44. The first-order valence-corrected chi connectivity index (χ1v) is 7.30. The van der Waals surface area contributed by atoms with E-state index in [1.54, 1.807) is 18.2 Å². The fourth-order valence-electron chi connectivity index (χ4n) is 2.44. The summed E-state index contributed by atoms with van der Waals surface area (Å²) in [5, 5.41) is 0. The van der Waals surface area contributed by atoms with E-state index in [-0.39, 0.29) is 11.8 Å². The van der Waals surface area contributed by atoms with E-state index in [2.05, 4.69) is 0 Å². The summed E-state index contributed by atoms with van der Waals surface area (Å²) in [5.41, 5.74) is 5.91. The van der Waals surface area contributed by atoms with E-state index in [1.807, 2.05) is 20.8 Å². The van der Waals surface area contributed by atoms with Crippen molar-refractivity contribution in [1.29, 1.82) is 0 Å². The van der Waals surface area contributed by atoms with Crippen LogP contribution in [-0.4, -0.2) is 38.3 Å². The van der Waals surface area contributed by atoms with E-state index in [4.69, 9.17) is 19.9 Å². The van der Waals surface area contributed by atoms with Crippen LogP contribution in [0.25, 0.3) is 0 Å². The van der Waals surface area contributed by atoms with Gasteiger partial charge in [-0.15, -0.1) is 0 Å². The van der Waals surface area contributed by atoms with Crippen LogP contribution in [-0.2, 0) is 4.74 Å². The third-order valence-corrected chi connectivity index (χ3v) is 3.84. The van der Waals surface area contributed by atoms with Gasteiger partial charge in [0.05, 0.1) is 31.8 Å². The van der Waals surface area contributed by atoms with Crippen molar-refractivity contribution >= 4 is 5.78 Å². The Balaban J connectivity index is 2.31. The molecular formula is C16H23NO4. The van der Waals surface area contributed by atoms with Gasteiger partial charge >= 0.3 is 0 Å². The van der Waals surface area contributed by atoms with Gasteiger partial charge in [-0.25, -0.2) is 0 Å². The molecule has 1 aliphatic heterocycles. The Hall–Kier alpha value is -1.59. The number of carbonyl (C=O) groups excluding carboxylic acids is 1. The highest BCUT2D eigenvalue weighted by atomic mass is 16.5. The van der Waals surface area contributed by atoms with Crippen molar-refractivity contribution in [2.75, 3.05) is 26.4 Å². The lowest BCUT2D eigenvalue weighted by atomic mass is 9.78. The molecule has 2 rings (SSSR count). The number of ketones is 1. The average Bonchev–Trinajstić information content (AvgIpc) is 2.81. The van der Waals surface area contributed by atoms with Crippen molar-refractivity contribution in [3.63, 3.8) is 0 Å². The molecule has 2 unspecified atom stereocenters. The number of Topliss-reactive ketones (excluding diaryl/α,β-unsaturated/α-hetero) is 1. The standard InChI is InChI=1S/C16H23NO4/c1-4-20-12-7-6-11(8-13(12)21-5-2)15(18)16(3)10-19-9-14(16)17/h6-8,14H,4-5,9-10,17H2,1-3H3. The smallest absolute Gasteiger partial charge is 0.172 e. The molecule has 21 heavy (non-hydrogen) atoms. The molecule has 1 fully saturated rings. The molecule has 1 aliphatic rings. The Bertz CT molecular complexity index is 517. The second kappa shape index (κ2) is 6.45. The van der Waals surface area contributed by atoms with Gasteiger partial charge in [0.2, 0.25) is 0 Å². The van der Waals surface area contributed by atoms with E-state index in [0.717, 1.165) is 0 Å². The maximum Gasteiger partial charge on any atom is 0.172 e. The largest absolute Gasteiger partial charge is 0.490 e. The molecule has 2 atom stereocenters. The fourth-order valence-corrected chi connectivity index (χ4v) is 2.44. The highest BCUT2D eigenvalue weighted by Crippen LogP contribution is 2.35. The summed E-state index contributed by atoms with van der Waals surface area (Å²) < 4.78 is 16.4. The maximum absolute atomic E-state index is 12.7. The summed E-state index contributed by atoms with van der Waals surface area (Å²) in [6.07, 6.45) is 0. The van der Waals surface area contributed by atoms with Crippen LogP contribution < -0.4 is 15.2 Å². The summed E-state index contributed by atoms with van der Waals surface area (Å²) in [6.45, 7) is 7.48. The lowest BCUT2D eigenvalue weighted by Gasteiger charge is -2.25. The average molecular weight is 293 g/mol. The summed E-state index contributed by atoms with van der Waals surface area (Å²) >= 11 is 0. The zero-order valence-electron chi connectivity index (χ0n) is 12.8. The van der Waals surface area contributed by atoms with Crippen LogP contribution >= 0.6 is 0 Å². The molecule has 5 nitrogen and oxygen atoms in total. The molecule has 5 heteroatoms. The van der Waals surface area contributed by atoms with E-state index in [0.29, 0.717) is 43.5 Å². The van der Waals surface area contributed by atoms with Gasteiger partial charge in [0, 0.05) is 11.6 Å². The van der Waals surface area contributed by atoms with Crippen LogP contribution in [0.3, 0.4) is 0 Å². The van der Waals surface area contributed by atoms with Gasteiger partial charge < -0.3 is 19.9 Å². The van der Waals surface area contributed by atoms with Crippen LogP contribution in [0, 0.1) is 5.41 Å². The van der Waals surface area contributed by atoms with Crippen LogP contribution in [0.4, 0.5) is 0 Å². The predicted octanol–water partition coefficient (Wildman–Crippen LogP) is 2.03. The minimum absolute atomic E-state index is 0.0171. The number of carbonyl (C=O) groups is 1. The number of hydrogen-bond donors (Lipinski definition) is 1. The molecule has 0 aromatic heterocycles. The van der Waals surface area contributed by atoms with Crippen molar-refractivity contribution < 1.29 is 19.0 Å². The Morgan fingerprint density at radius 2 is 2.00 bits per heavy atom. The number of hydrogen-bond acceptors (Lipinski definition) is 5. The van der Waals surface area contributed by atoms with E-state index in [9.17, 15) is 4.79 Å². The highest BCUT2D eigenvalue weighted by molar-refractivity contribution is 6.01. The molecule has 0 aliphatic carbocycles. The Kier molecular flexibility index (Phi) is 4.85. The van der Waals surface area contributed by atoms with E-state index in [1.165, 1.54) is 0 Å². The third-order valence-electron chi connectivity index (χ3n) is 3.84. The van der Waals surface area contributed by atoms with Crippen molar-refractivity contribution in [3.05, 3.63) is 23.8 Å². The number of benzene rings is 1. The first-order chi connectivity index (χ1) is 10.0. The van der Waals surface area contributed by atoms with Crippen molar-refractivity contribution in [3.8, 4) is 11.5 Å². The van der Waals surface area contributed by atoms with Gasteiger partial charge in [-0.05, 0) is 39.0 Å². The van der Waals surface area contributed by atoms with Gasteiger partial charge in [-0.3, -0.25) is 4.79 Å². The molecule has 2 N–H and O–H groups in total. The van der Waals surface area contributed by atoms with Gasteiger partial charge in [0.1, 0.15) is 0 Å². The fraction of sp³-hybridized carbons (Fsp3) is 0.562. The molecule has 0 radical (unpaired) electrons. The van der Waals surface area contributed by atoms with Crippen molar-refractivity contribution in [2.45, 2.75) is 26.8 Å². The zero-order chi connectivity index (χ0) is 15.5. The van der Waals surface area contributed by atoms with Crippen LogP contribution in [0.15, 0.2) is 18.2 Å². The molecule has 0 amide bonds. The minimum atomic E-state index is -0.684. The number of ether oxygens (including phenoxy) is 3. The first-order valence-electron chi connectivity index (χ1n) is 7.30. The van der Waals surface area contributed by atoms with E-state index < -0.39 is 5.41 Å². The van der Waals surface area contributed by atoms with Crippen LogP contribution in [0.1, 0.15) is 31.1 Å². The normalized spacial score (nSPS) is 24.9. The summed E-state index contributed by atoms with van der Waals surface area (Å²) in [7, 11) is 0. The highest BCUT2D eigenvalue weighted by Gasteiger charge is 2.44. The third kappa shape index (κ3) is 3.04. The molecular weight excluding hydrogens is 270 g/mol. The van der Waals surface area contributed by atoms with Gasteiger partial charge in [-0.2, -0.15) is 0 Å². The minimum Gasteiger partial charge on any atom is -0.490 e. The number of rotatable bonds is 6. The van der Waals surface area contributed by atoms with Gasteiger partial charge in [0.25, 0.3) is 0 Å². The Morgan fingerprint density at radius 3 is 2.57 bits per heavy atom. The predicted molar refractivity (Wildman–Crippen MR) is 80.0 cm³/mol. The zero-order valence-corrected chi connectivity index (χ0v) is 12.8. The quantitative estimate of drug-likeness (QED) is 0.813. The second-order valence-corrected chi connectivity index (χ2v) is 5.40. The van der Waals surface area contributed by atoms with Crippen LogP contribution in [0.5, 0.6) is 11.5 Å². The first kappa shape index (κ1) is 15.8. The molecule has 0 spiro atoms. The number of nitrogens with two attached hydrogens (primary N) is 1. The second-order valence-electron chi connectivity index (χ2n) is 5.40. The maximum atomic E-state index is 12.7. The summed E-state index contributed by atoms with van der Waals surface area (Å²) in [6, 6.07) is 4.97. The van der Waals surface area contributed by atoms with Crippen LogP contribution in [0.2, 0.25) is 0 Å². The van der Waals surface area contributed by atoms with Crippen molar-refractivity contribution in [1.82, 2.24) is 0 Å². The monoisotopic (exact) mass is 293 g/mol. The van der Waals surface area contributed by atoms with Gasteiger partial charge in [-0.1, -0.05) is 0 Å². The lowest BCUT2D eigenvalue weighted by molar-refractivity contribution is 0.0767. The molecule has 116 valence electrons. The summed E-state index contributed by atoms with van der Waals surface area (Å²) in [5.74, 6) is 1.21. The van der Waals surface area contributed by atoms with Crippen molar-refractivity contribution in [2.24, 2.45) is 11.1 Å². The Morgan fingerprint density at radius 1 is 1.33 bits per heavy atom. The molecule has 0 saturated carbocycles. The molecule has 1 saturated heterocycles. The Labute approximate surface area is 125 Å². The van der Waals surface area contributed by atoms with E-state index >= 15 is 0 Å². The molecule has 1 aromatic carbocycles. The van der Waals surface area contributed by atoms with Gasteiger partial charge in [0.15, 0.2) is 17.3 Å². The summed E-state index contributed by atoms with van der Waals surface area (Å²) in [4.78, 5) is 12.7. The SMILES string of the molecule is CCOc1ccc(C(=O)C2(C)COCC2N)cc1OCC. The topological polar surface area (TPSA) is 70.8 Å². The molecule has 1 aromatic rings. The molecule has 1 heterocycles.